The predicted octanol–water partition coefficient (Wildman–Crippen LogP) is 6.10. The molecule has 5 rings (SSSR count). The molecule has 2 heterocycles. The standard InChI is InChI=1S/C30H34N4O/c1-19-15-20(2)25(16-24(19)28-32-26-9-12-30(3,4)17-27(26)33-28)29(35)34-13-10-23(11-14-34)22-7-5-21(18-31)6-8-22/h5-8,15-16,23H,9-14,17H2,1-4H3,(H,32,33). The molecule has 1 N–H and O–H groups in total. The van der Waals surface area contributed by atoms with Crippen LogP contribution < -0.4 is 0 Å². The Hall–Kier alpha value is -3.39. The van der Waals surface area contributed by atoms with E-state index in [1.54, 1.807) is 0 Å². The minimum atomic E-state index is 0.111. The van der Waals surface area contributed by atoms with Gasteiger partial charge in [-0.05, 0) is 92.2 Å². The monoisotopic (exact) mass is 466 g/mol. The number of aromatic amines is 1. The molecule has 0 bridgehead atoms. The highest BCUT2D eigenvalue weighted by Crippen LogP contribution is 2.36. The minimum Gasteiger partial charge on any atom is -0.342 e. The number of rotatable bonds is 3. The zero-order valence-electron chi connectivity index (χ0n) is 21.2. The van der Waals surface area contributed by atoms with Crippen molar-refractivity contribution in [2.75, 3.05) is 13.1 Å². The number of amides is 1. The molecule has 5 heteroatoms. The highest BCUT2D eigenvalue weighted by atomic mass is 16.2. The van der Waals surface area contributed by atoms with Gasteiger partial charge in [0.05, 0.1) is 17.3 Å². The molecule has 1 aliphatic heterocycles. The van der Waals surface area contributed by atoms with E-state index in [4.69, 9.17) is 10.2 Å². The molecule has 0 radical (unpaired) electrons. The maximum atomic E-state index is 13.6. The SMILES string of the molecule is Cc1cc(C)c(-c2nc3c([nH]2)CC(C)(C)CC3)cc1C(=O)N1CCC(c2ccc(C#N)cc2)CC1. The van der Waals surface area contributed by atoms with Gasteiger partial charge in [0.2, 0.25) is 0 Å². The molecular formula is C30H34N4O. The normalized spacial score (nSPS) is 17.6. The summed E-state index contributed by atoms with van der Waals surface area (Å²) in [5, 5.41) is 9.04. The summed E-state index contributed by atoms with van der Waals surface area (Å²) in [5.41, 5.74) is 8.63. The Labute approximate surface area is 208 Å². The van der Waals surface area contributed by atoms with Crippen LogP contribution in [0.1, 0.15) is 83.0 Å². The number of H-pyrrole nitrogens is 1. The molecule has 180 valence electrons. The molecule has 1 aromatic heterocycles. The first-order valence-corrected chi connectivity index (χ1v) is 12.7. The lowest BCUT2D eigenvalue weighted by atomic mass is 9.78. The van der Waals surface area contributed by atoms with Crippen molar-refractivity contribution in [1.82, 2.24) is 14.9 Å². The van der Waals surface area contributed by atoms with Crippen molar-refractivity contribution in [3.63, 3.8) is 0 Å². The largest absolute Gasteiger partial charge is 0.342 e. The number of benzene rings is 2. The number of nitriles is 1. The molecular weight excluding hydrogens is 432 g/mol. The van der Waals surface area contributed by atoms with Gasteiger partial charge < -0.3 is 9.88 Å². The molecule has 0 unspecified atom stereocenters. The Morgan fingerprint density at radius 1 is 1.11 bits per heavy atom. The number of carbonyl (C=O) groups is 1. The number of hydrogen-bond acceptors (Lipinski definition) is 3. The van der Waals surface area contributed by atoms with Gasteiger partial charge in [-0.1, -0.05) is 32.0 Å². The van der Waals surface area contributed by atoms with Crippen molar-refractivity contribution in [3.05, 3.63) is 75.6 Å². The average Bonchev–Trinajstić information content (AvgIpc) is 3.25. The summed E-state index contributed by atoms with van der Waals surface area (Å²) in [6.07, 6.45) is 5.05. The molecule has 0 saturated carbocycles. The fraction of sp³-hybridized carbons (Fsp3) is 0.433. The van der Waals surface area contributed by atoms with Crippen LogP contribution in [0.25, 0.3) is 11.4 Å². The number of hydrogen-bond donors (Lipinski definition) is 1. The second kappa shape index (κ2) is 9.00. The molecule has 1 fully saturated rings. The fourth-order valence-electron chi connectivity index (χ4n) is 5.70. The Morgan fingerprint density at radius 3 is 2.51 bits per heavy atom. The van der Waals surface area contributed by atoms with Gasteiger partial charge in [0.1, 0.15) is 5.82 Å². The third kappa shape index (κ3) is 4.62. The van der Waals surface area contributed by atoms with Gasteiger partial charge in [-0.2, -0.15) is 5.26 Å². The van der Waals surface area contributed by atoms with E-state index in [1.165, 1.54) is 17.0 Å². The van der Waals surface area contributed by atoms with Gasteiger partial charge in [0.15, 0.2) is 0 Å². The number of carbonyl (C=O) groups excluding carboxylic acids is 1. The Balaban J connectivity index is 1.34. The topological polar surface area (TPSA) is 72.8 Å². The molecule has 1 amide bonds. The second-order valence-corrected chi connectivity index (χ2v) is 11.1. The summed E-state index contributed by atoms with van der Waals surface area (Å²) in [4.78, 5) is 24.1. The lowest BCUT2D eigenvalue weighted by Gasteiger charge is -2.32. The van der Waals surface area contributed by atoms with E-state index in [9.17, 15) is 4.79 Å². The number of piperidine rings is 1. The summed E-state index contributed by atoms with van der Waals surface area (Å²) >= 11 is 0. The molecule has 1 aliphatic carbocycles. The lowest BCUT2D eigenvalue weighted by molar-refractivity contribution is 0.0712. The molecule has 0 atom stereocenters. The van der Waals surface area contributed by atoms with E-state index in [0.29, 0.717) is 16.9 Å². The van der Waals surface area contributed by atoms with Crippen LogP contribution in [-0.4, -0.2) is 33.9 Å². The van der Waals surface area contributed by atoms with Crippen LogP contribution in [0.4, 0.5) is 0 Å². The summed E-state index contributed by atoms with van der Waals surface area (Å²) in [6.45, 7) is 10.3. The highest BCUT2D eigenvalue weighted by molar-refractivity contribution is 5.97. The molecule has 0 spiro atoms. The fourth-order valence-corrected chi connectivity index (χ4v) is 5.70. The summed E-state index contributed by atoms with van der Waals surface area (Å²) < 4.78 is 0. The summed E-state index contributed by atoms with van der Waals surface area (Å²) in [7, 11) is 0. The zero-order valence-corrected chi connectivity index (χ0v) is 21.2. The van der Waals surface area contributed by atoms with Crippen LogP contribution in [0.5, 0.6) is 0 Å². The predicted molar refractivity (Wildman–Crippen MR) is 138 cm³/mol. The smallest absolute Gasteiger partial charge is 0.254 e. The number of nitrogens with one attached hydrogen (secondary N) is 1. The quantitative estimate of drug-likeness (QED) is 0.507. The molecule has 2 aliphatic rings. The number of fused-ring (bicyclic) bond motifs is 1. The first-order chi connectivity index (χ1) is 16.7. The Kier molecular flexibility index (Phi) is 6.01. The third-order valence-corrected chi connectivity index (χ3v) is 7.91. The average molecular weight is 467 g/mol. The van der Waals surface area contributed by atoms with Gasteiger partial charge in [0, 0.05) is 29.9 Å². The highest BCUT2D eigenvalue weighted by Gasteiger charge is 2.29. The molecule has 5 nitrogen and oxygen atoms in total. The maximum Gasteiger partial charge on any atom is 0.254 e. The van der Waals surface area contributed by atoms with Crippen molar-refractivity contribution in [1.29, 1.82) is 5.26 Å². The number of aromatic nitrogens is 2. The molecule has 2 aromatic carbocycles. The van der Waals surface area contributed by atoms with Gasteiger partial charge in [-0.3, -0.25) is 4.79 Å². The van der Waals surface area contributed by atoms with Crippen molar-refractivity contribution in [3.8, 4) is 17.5 Å². The van der Waals surface area contributed by atoms with Crippen molar-refractivity contribution in [2.45, 2.75) is 65.7 Å². The van der Waals surface area contributed by atoms with E-state index >= 15 is 0 Å². The van der Waals surface area contributed by atoms with E-state index in [1.807, 2.05) is 24.0 Å². The number of nitrogens with zero attached hydrogens (tertiary/aromatic N) is 3. The van der Waals surface area contributed by atoms with Gasteiger partial charge in [-0.25, -0.2) is 4.98 Å². The molecule has 1 saturated heterocycles. The van der Waals surface area contributed by atoms with Gasteiger partial charge >= 0.3 is 0 Å². The lowest BCUT2D eigenvalue weighted by Crippen LogP contribution is -2.38. The second-order valence-electron chi connectivity index (χ2n) is 11.1. The van der Waals surface area contributed by atoms with Crippen LogP contribution >= 0.6 is 0 Å². The van der Waals surface area contributed by atoms with Crippen LogP contribution in [0, 0.1) is 30.6 Å². The Bertz CT molecular complexity index is 1300. The van der Waals surface area contributed by atoms with E-state index in [2.05, 4.69) is 56.1 Å². The first-order valence-electron chi connectivity index (χ1n) is 12.7. The Morgan fingerprint density at radius 2 is 1.83 bits per heavy atom. The van der Waals surface area contributed by atoms with E-state index < -0.39 is 0 Å². The van der Waals surface area contributed by atoms with Crippen molar-refractivity contribution in [2.24, 2.45) is 5.41 Å². The number of likely N-dealkylation sites (tertiary alicyclic amines) is 1. The van der Waals surface area contributed by atoms with Crippen molar-refractivity contribution < 1.29 is 4.79 Å². The molecule has 3 aromatic rings. The van der Waals surface area contributed by atoms with Crippen LogP contribution in [-0.2, 0) is 12.8 Å². The van der Waals surface area contributed by atoms with Crippen molar-refractivity contribution >= 4 is 5.91 Å². The van der Waals surface area contributed by atoms with Gasteiger partial charge in [-0.15, -0.1) is 0 Å². The number of aryl methyl sites for hydroxylation is 3. The summed E-state index contributed by atoms with van der Waals surface area (Å²) in [6, 6.07) is 14.2. The third-order valence-electron chi connectivity index (χ3n) is 7.91. The summed E-state index contributed by atoms with van der Waals surface area (Å²) in [5.74, 6) is 1.43. The van der Waals surface area contributed by atoms with Crippen LogP contribution in [0.15, 0.2) is 36.4 Å². The maximum absolute atomic E-state index is 13.6. The van der Waals surface area contributed by atoms with Crippen LogP contribution in [0.3, 0.4) is 0 Å². The van der Waals surface area contributed by atoms with E-state index in [0.717, 1.165) is 73.3 Å². The zero-order chi connectivity index (χ0) is 24.7. The number of imidazole rings is 1. The minimum absolute atomic E-state index is 0.111. The van der Waals surface area contributed by atoms with Gasteiger partial charge in [0.25, 0.3) is 5.91 Å². The molecule has 35 heavy (non-hydrogen) atoms. The van der Waals surface area contributed by atoms with Crippen LogP contribution in [0.2, 0.25) is 0 Å². The van der Waals surface area contributed by atoms with E-state index in [-0.39, 0.29) is 5.91 Å². The first kappa shape index (κ1) is 23.4.